The van der Waals surface area contributed by atoms with E-state index in [1.165, 1.54) is 0 Å². The molecule has 1 amide bonds. The van der Waals surface area contributed by atoms with Crippen LogP contribution in [-0.2, 0) is 4.79 Å². The number of carbonyl (C=O) groups is 1. The first kappa shape index (κ1) is 13.4. The van der Waals surface area contributed by atoms with E-state index in [1.54, 1.807) is 6.92 Å². The number of rotatable bonds is 6. The summed E-state index contributed by atoms with van der Waals surface area (Å²) in [6, 6.07) is -0.429. The maximum atomic E-state index is 11.3. The topological polar surface area (TPSA) is 75.3 Å². The van der Waals surface area contributed by atoms with Gasteiger partial charge in [0.1, 0.15) is 0 Å². The molecule has 14 heavy (non-hydrogen) atoms. The second kappa shape index (κ2) is 6.79. The van der Waals surface area contributed by atoms with E-state index in [9.17, 15) is 4.79 Å². The second-order valence-corrected chi connectivity index (χ2v) is 4.05. The average Bonchev–Trinajstić information content (AvgIpc) is 2.10. The summed E-state index contributed by atoms with van der Waals surface area (Å²) in [5, 5.41) is 11.7. The average molecular weight is 202 g/mol. The van der Waals surface area contributed by atoms with Crippen LogP contribution in [0.25, 0.3) is 0 Å². The minimum absolute atomic E-state index is 0.106. The Morgan fingerprint density at radius 2 is 2.00 bits per heavy atom. The van der Waals surface area contributed by atoms with Crippen molar-refractivity contribution in [1.82, 2.24) is 5.32 Å². The Bertz CT molecular complexity index is 170. The first-order valence-electron chi connectivity index (χ1n) is 5.16. The number of nitrogens with two attached hydrogens (primary N) is 1. The molecule has 0 spiro atoms. The summed E-state index contributed by atoms with van der Waals surface area (Å²) in [5.41, 5.74) is 5.64. The fourth-order valence-corrected chi connectivity index (χ4v) is 1.03. The highest BCUT2D eigenvalue weighted by atomic mass is 16.3. The fraction of sp³-hybridized carbons (Fsp3) is 0.900. The van der Waals surface area contributed by atoms with Crippen LogP contribution in [0.4, 0.5) is 0 Å². The van der Waals surface area contributed by atoms with Gasteiger partial charge in [0.15, 0.2) is 0 Å². The third-order valence-corrected chi connectivity index (χ3v) is 2.12. The molecule has 4 nitrogen and oxygen atoms in total. The molecule has 4 heteroatoms. The van der Waals surface area contributed by atoms with Gasteiger partial charge in [-0.15, -0.1) is 0 Å². The SMILES string of the molecule is CC(O)CCCNC(=O)C(N)C(C)C. The van der Waals surface area contributed by atoms with Crippen LogP contribution in [0, 0.1) is 5.92 Å². The molecule has 0 heterocycles. The second-order valence-electron chi connectivity index (χ2n) is 4.05. The van der Waals surface area contributed by atoms with E-state index in [0.717, 1.165) is 6.42 Å². The molecule has 0 aromatic carbocycles. The molecule has 84 valence electrons. The Morgan fingerprint density at radius 3 is 2.43 bits per heavy atom. The Labute approximate surface area is 85.9 Å². The van der Waals surface area contributed by atoms with Crippen LogP contribution in [0.2, 0.25) is 0 Å². The van der Waals surface area contributed by atoms with Crippen LogP contribution in [0.1, 0.15) is 33.6 Å². The molecule has 0 radical (unpaired) electrons. The molecule has 0 saturated heterocycles. The third-order valence-electron chi connectivity index (χ3n) is 2.12. The summed E-state index contributed by atoms with van der Waals surface area (Å²) in [5.74, 6) is 0.0531. The zero-order valence-corrected chi connectivity index (χ0v) is 9.29. The van der Waals surface area contributed by atoms with E-state index in [4.69, 9.17) is 10.8 Å². The minimum Gasteiger partial charge on any atom is -0.393 e. The first-order valence-corrected chi connectivity index (χ1v) is 5.16. The van der Waals surface area contributed by atoms with Gasteiger partial charge in [0, 0.05) is 6.54 Å². The lowest BCUT2D eigenvalue weighted by Gasteiger charge is -2.15. The lowest BCUT2D eigenvalue weighted by atomic mass is 10.1. The molecule has 0 rings (SSSR count). The molecular formula is C10H22N2O2. The summed E-state index contributed by atoms with van der Waals surface area (Å²) in [4.78, 5) is 11.3. The van der Waals surface area contributed by atoms with Crippen molar-refractivity contribution in [2.45, 2.75) is 45.8 Å². The highest BCUT2D eigenvalue weighted by Crippen LogP contribution is 1.98. The van der Waals surface area contributed by atoms with Crippen molar-refractivity contribution < 1.29 is 9.90 Å². The zero-order valence-electron chi connectivity index (χ0n) is 9.29. The van der Waals surface area contributed by atoms with Crippen molar-refractivity contribution in [3.8, 4) is 0 Å². The highest BCUT2D eigenvalue weighted by molar-refractivity contribution is 5.81. The third kappa shape index (κ3) is 5.94. The van der Waals surface area contributed by atoms with E-state index in [2.05, 4.69) is 5.32 Å². The predicted molar refractivity (Wildman–Crippen MR) is 56.7 cm³/mol. The van der Waals surface area contributed by atoms with Gasteiger partial charge in [-0.25, -0.2) is 0 Å². The number of aliphatic hydroxyl groups is 1. The Hall–Kier alpha value is -0.610. The number of carbonyl (C=O) groups excluding carboxylic acids is 1. The molecule has 0 fully saturated rings. The van der Waals surface area contributed by atoms with Crippen LogP contribution in [0.3, 0.4) is 0 Å². The van der Waals surface area contributed by atoms with Crippen molar-refractivity contribution >= 4 is 5.91 Å². The number of nitrogens with one attached hydrogen (secondary N) is 1. The Kier molecular flexibility index (Phi) is 6.49. The molecule has 0 aromatic rings. The molecule has 2 unspecified atom stereocenters. The standard InChI is InChI=1S/C10H22N2O2/c1-7(2)9(11)10(14)12-6-4-5-8(3)13/h7-9,13H,4-6,11H2,1-3H3,(H,12,14). The number of hydrogen-bond donors (Lipinski definition) is 3. The monoisotopic (exact) mass is 202 g/mol. The summed E-state index contributed by atoms with van der Waals surface area (Å²) in [6.45, 7) is 6.16. The van der Waals surface area contributed by atoms with Gasteiger partial charge in [-0.1, -0.05) is 13.8 Å². The van der Waals surface area contributed by atoms with Crippen LogP contribution >= 0.6 is 0 Å². The maximum absolute atomic E-state index is 11.3. The fourth-order valence-electron chi connectivity index (χ4n) is 1.03. The molecule has 0 aromatic heterocycles. The van der Waals surface area contributed by atoms with Gasteiger partial charge in [-0.2, -0.15) is 0 Å². The highest BCUT2D eigenvalue weighted by Gasteiger charge is 2.15. The minimum atomic E-state index is -0.429. The number of amides is 1. The van der Waals surface area contributed by atoms with Gasteiger partial charge in [0.2, 0.25) is 5.91 Å². The molecule has 2 atom stereocenters. The molecule has 0 bridgehead atoms. The number of aliphatic hydroxyl groups excluding tert-OH is 1. The van der Waals surface area contributed by atoms with E-state index < -0.39 is 6.04 Å². The summed E-state index contributed by atoms with van der Waals surface area (Å²) in [6.07, 6.45) is 1.19. The summed E-state index contributed by atoms with van der Waals surface area (Å²) >= 11 is 0. The largest absolute Gasteiger partial charge is 0.393 e. The number of hydrogen-bond acceptors (Lipinski definition) is 3. The van der Waals surface area contributed by atoms with Crippen LogP contribution in [0.5, 0.6) is 0 Å². The summed E-state index contributed by atoms with van der Waals surface area (Å²) in [7, 11) is 0. The Balaban J connectivity index is 3.54. The normalized spacial score (nSPS) is 15.3. The van der Waals surface area contributed by atoms with Gasteiger partial charge in [0.25, 0.3) is 0 Å². The van der Waals surface area contributed by atoms with Gasteiger partial charge in [-0.05, 0) is 25.7 Å². The maximum Gasteiger partial charge on any atom is 0.237 e. The molecular weight excluding hydrogens is 180 g/mol. The van der Waals surface area contributed by atoms with Crippen molar-refractivity contribution in [2.75, 3.05) is 6.54 Å². The first-order chi connectivity index (χ1) is 6.45. The molecule has 0 saturated carbocycles. The van der Waals surface area contributed by atoms with E-state index in [-0.39, 0.29) is 17.9 Å². The van der Waals surface area contributed by atoms with E-state index >= 15 is 0 Å². The van der Waals surface area contributed by atoms with Crippen LogP contribution in [-0.4, -0.2) is 29.7 Å². The summed E-state index contributed by atoms with van der Waals surface area (Å²) < 4.78 is 0. The molecule has 0 aliphatic carbocycles. The lowest BCUT2D eigenvalue weighted by molar-refractivity contribution is -0.123. The van der Waals surface area contributed by atoms with Crippen LogP contribution < -0.4 is 11.1 Å². The zero-order chi connectivity index (χ0) is 11.1. The Morgan fingerprint density at radius 1 is 1.43 bits per heavy atom. The molecule has 0 aliphatic rings. The quantitative estimate of drug-likeness (QED) is 0.540. The van der Waals surface area contributed by atoms with Crippen molar-refractivity contribution in [3.05, 3.63) is 0 Å². The predicted octanol–water partition coefficient (Wildman–Crippen LogP) is 0.247. The smallest absolute Gasteiger partial charge is 0.237 e. The lowest BCUT2D eigenvalue weighted by Crippen LogP contribution is -2.44. The molecule has 4 N–H and O–H groups in total. The van der Waals surface area contributed by atoms with Crippen LogP contribution in [0.15, 0.2) is 0 Å². The van der Waals surface area contributed by atoms with Crippen molar-refractivity contribution in [3.63, 3.8) is 0 Å². The van der Waals surface area contributed by atoms with Gasteiger partial charge in [-0.3, -0.25) is 4.79 Å². The van der Waals surface area contributed by atoms with Crippen molar-refractivity contribution in [1.29, 1.82) is 0 Å². The van der Waals surface area contributed by atoms with E-state index in [0.29, 0.717) is 13.0 Å². The van der Waals surface area contributed by atoms with Gasteiger partial charge < -0.3 is 16.2 Å². The van der Waals surface area contributed by atoms with Crippen molar-refractivity contribution in [2.24, 2.45) is 11.7 Å². The van der Waals surface area contributed by atoms with Gasteiger partial charge >= 0.3 is 0 Å². The molecule has 0 aliphatic heterocycles. The van der Waals surface area contributed by atoms with E-state index in [1.807, 2.05) is 13.8 Å². The van der Waals surface area contributed by atoms with Gasteiger partial charge in [0.05, 0.1) is 12.1 Å².